The zero-order valence-electron chi connectivity index (χ0n) is 10.6. The lowest BCUT2D eigenvalue weighted by molar-refractivity contribution is 0.0999. The second kappa shape index (κ2) is 4.68. The van der Waals surface area contributed by atoms with Crippen LogP contribution in [0.4, 0.5) is 4.39 Å². The van der Waals surface area contributed by atoms with Crippen molar-refractivity contribution in [1.82, 2.24) is 4.57 Å². The summed E-state index contributed by atoms with van der Waals surface area (Å²) in [5.41, 5.74) is 6.32. The Morgan fingerprint density at radius 2 is 2.00 bits per heavy atom. The number of aromatic nitrogens is 1. The van der Waals surface area contributed by atoms with Crippen LogP contribution in [0.15, 0.2) is 35.3 Å². The monoisotopic (exact) mass is 260 g/mol. The summed E-state index contributed by atoms with van der Waals surface area (Å²) in [5.74, 6) is -1.11. The first-order chi connectivity index (χ1) is 8.90. The maximum Gasteiger partial charge on any atom is 0.250 e. The Hall–Kier alpha value is -2.43. The normalized spacial score (nSPS) is 10.5. The van der Waals surface area contributed by atoms with Gasteiger partial charge in [0.1, 0.15) is 5.82 Å². The molecule has 0 bridgehead atoms. The first kappa shape index (κ1) is 13.0. The lowest BCUT2D eigenvalue weighted by Gasteiger charge is -2.08. The van der Waals surface area contributed by atoms with E-state index in [1.807, 2.05) is 0 Å². The van der Waals surface area contributed by atoms with Crippen LogP contribution in [-0.2, 0) is 7.05 Å². The number of benzene rings is 1. The van der Waals surface area contributed by atoms with Crippen molar-refractivity contribution >= 4 is 5.91 Å². The van der Waals surface area contributed by atoms with Crippen LogP contribution in [0, 0.1) is 12.7 Å². The number of halogens is 1. The average Bonchev–Trinajstić information content (AvgIpc) is 2.32. The molecule has 0 aliphatic heterocycles. The summed E-state index contributed by atoms with van der Waals surface area (Å²) in [4.78, 5) is 22.8. The fourth-order valence-corrected chi connectivity index (χ4v) is 1.88. The van der Waals surface area contributed by atoms with E-state index in [0.717, 1.165) is 0 Å². The van der Waals surface area contributed by atoms with Crippen molar-refractivity contribution in [3.05, 3.63) is 57.8 Å². The van der Waals surface area contributed by atoms with Gasteiger partial charge in [0, 0.05) is 30.4 Å². The number of carbonyl (C=O) groups is 1. The largest absolute Gasteiger partial charge is 0.366 e. The molecule has 2 N–H and O–H groups in total. The summed E-state index contributed by atoms with van der Waals surface area (Å²) in [5, 5.41) is 0. The minimum absolute atomic E-state index is 0.192. The Balaban J connectivity index is 2.68. The molecule has 0 radical (unpaired) electrons. The molecule has 0 aliphatic rings. The molecule has 0 unspecified atom stereocenters. The van der Waals surface area contributed by atoms with Crippen LogP contribution in [0.3, 0.4) is 0 Å². The van der Waals surface area contributed by atoms with Gasteiger partial charge >= 0.3 is 0 Å². The lowest BCUT2D eigenvalue weighted by atomic mass is 9.99. The van der Waals surface area contributed by atoms with Crippen LogP contribution in [0.1, 0.15) is 15.9 Å². The summed E-state index contributed by atoms with van der Waals surface area (Å²) in [6, 6.07) is 5.55. The number of pyridine rings is 1. The topological polar surface area (TPSA) is 65.1 Å². The second-order valence-corrected chi connectivity index (χ2v) is 4.38. The van der Waals surface area contributed by atoms with Crippen LogP contribution < -0.4 is 11.3 Å². The van der Waals surface area contributed by atoms with Crippen LogP contribution in [-0.4, -0.2) is 10.5 Å². The fraction of sp³-hybridized carbons (Fsp3) is 0.143. The number of amides is 1. The van der Waals surface area contributed by atoms with E-state index in [2.05, 4.69) is 0 Å². The molecule has 19 heavy (non-hydrogen) atoms. The third-order valence-electron chi connectivity index (χ3n) is 2.99. The molecule has 0 spiro atoms. The highest BCUT2D eigenvalue weighted by molar-refractivity contribution is 5.95. The first-order valence-electron chi connectivity index (χ1n) is 5.67. The maximum absolute atomic E-state index is 14.0. The van der Waals surface area contributed by atoms with Crippen molar-refractivity contribution in [3.63, 3.8) is 0 Å². The van der Waals surface area contributed by atoms with Crippen molar-refractivity contribution in [2.24, 2.45) is 12.8 Å². The first-order valence-corrected chi connectivity index (χ1v) is 5.67. The van der Waals surface area contributed by atoms with Gasteiger partial charge in [-0.3, -0.25) is 9.59 Å². The maximum atomic E-state index is 14.0. The van der Waals surface area contributed by atoms with E-state index in [0.29, 0.717) is 11.1 Å². The summed E-state index contributed by atoms with van der Waals surface area (Å²) in [6.07, 6.45) is 1.54. The number of carbonyl (C=O) groups excluding carboxylic acids is 1. The third kappa shape index (κ3) is 2.40. The molecule has 0 aliphatic carbocycles. The van der Waals surface area contributed by atoms with E-state index >= 15 is 0 Å². The highest BCUT2D eigenvalue weighted by atomic mass is 19.1. The minimum Gasteiger partial charge on any atom is -0.366 e. The van der Waals surface area contributed by atoms with E-state index in [4.69, 9.17) is 5.73 Å². The van der Waals surface area contributed by atoms with Gasteiger partial charge in [0.25, 0.3) is 5.56 Å². The lowest BCUT2D eigenvalue weighted by Crippen LogP contribution is -2.15. The molecule has 98 valence electrons. The second-order valence-electron chi connectivity index (χ2n) is 4.38. The van der Waals surface area contributed by atoms with Gasteiger partial charge in [-0.15, -0.1) is 0 Å². The van der Waals surface area contributed by atoms with Crippen LogP contribution in [0.25, 0.3) is 11.1 Å². The Bertz CT molecular complexity index is 720. The van der Waals surface area contributed by atoms with E-state index in [-0.39, 0.29) is 16.7 Å². The average molecular weight is 260 g/mol. The molecule has 1 aromatic carbocycles. The van der Waals surface area contributed by atoms with Crippen molar-refractivity contribution in [2.75, 3.05) is 0 Å². The predicted molar refractivity (Wildman–Crippen MR) is 70.3 cm³/mol. The molecule has 2 rings (SSSR count). The molecule has 0 saturated heterocycles. The van der Waals surface area contributed by atoms with Gasteiger partial charge in [0.2, 0.25) is 5.91 Å². The highest BCUT2D eigenvalue weighted by Crippen LogP contribution is 2.24. The van der Waals surface area contributed by atoms with Crippen molar-refractivity contribution in [3.8, 4) is 11.1 Å². The van der Waals surface area contributed by atoms with Gasteiger partial charge in [-0.25, -0.2) is 4.39 Å². The van der Waals surface area contributed by atoms with Crippen molar-refractivity contribution < 1.29 is 9.18 Å². The van der Waals surface area contributed by atoms with Crippen LogP contribution in [0.5, 0.6) is 0 Å². The number of nitrogens with zero attached hydrogens (tertiary/aromatic N) is 1. The van der Waals surface area contributed by atoms with Crippen LogP contribution in [0.2, 0.25) is 0 Å². The summed E-state index contributed by atoms with van der Waals surface area (Å²) >= 11 is 0. The Labute approximate surface area is 109 Å². The molecule has 1 aromatic heterocycles. The van der Waals surface area contributed by atoms with Gasteiger partial charge < -0.3 is 10.3 Å². The fourth-order valence-electron chi connectivity index (χ4n) is 1.88. The van der Waals surface area contributed by atoms with Gasteiger partial charge in [-0.2, -0.15) is 0 Å². The van der Waals surface area contributed by atoms with E-state index in [9.17, 15) is 14.0 Å². The SMILES string of the molecule is Cc1cc(F)c(-c2ccn(C)c(=O)c2)cc1C(N)=O. The van der Waals surface area contributed by atoms with Crippen molar-refractivity contribution in [1.29, 1.82) is 0 Å². The standard InChI is InChI=1S/C14H13FN2O2/c1-8-5-12(15)11(7-10(8)14(16)19)9-3-4-17(2)13(18)6-9/h3-7H,1-2H3,(H2,16,19). The molecule has 5 heteroatoms. The zero-order valence-corrected chi connectivity index (χ0v) is 10.6. The number of primary amides is 1. The molecule has 1 heterocycles. The molecule has 0 fully saturated rings. The quantitative estimate of drug-likeness (QED) is 0.891. The van der Waals surface area contributed by atoms with Gasteiger partial charge in [-0.1, -0.05) is 0 Å². The Morgan fingerprint density at radius 1 is 1.32 bits per heavy atom. The molecule has 0 saturated carbocycles. The smallest absolute Gasteiger partial charge is 0.250 e. The summed E-state index contributed by atoms with van der Waals surface area (Å²) < 4.78 is 15.3. The predicted octanol–water partition coefficient (Wildman–Crippen LogP) is 1.60. The number of nitrogens with two attached hydrogens (primary N) is 1. The zero-order chi connectivity index (χ0) is 14.2. The molecule has 1 amide bonds. The summed E-state index contributed by atoms with van der Waals surface area (Å²) in [7, 11) is 1.60. The number of aryl methyl sites for hydroxylation is 2. The molecular weight excluding hydrogens is 247 g/mol. The molecular formula is C14H13FN2O2. The Morgan fingerprint density at radius 3 is 2.58 bits per heavy atom. The van der Waals surface area contributed by atoms with Crippen LogP contribution >= 0.6 is 0 Å². The highest BCUT2D eigenvalue weighted by Gasteiger charge is 2.13. The van der Waals surface area contributed by atoms with E-state index < -0.39 is 11.7 Å². The number of hydrogen-bond donors (Lipinski definition) is 1. The number of hydrogen-bond acceptors (Lipinski definition) is 2. The third-order valence-corrected chi connectivity index (χ3v) is 2.99. The number of rotatable bonds is 2. The molecule has 4 nitrogen and oxygen atoms in total. The minimum atomic E-state index is -0.623. The molecule has 0 atom stereocenters. The summed E-state index contributed by atoms with van der Waals surface area (Å²) in [6.45, 7) is 1.61. The Kier molecular flexibility index (Phi) is 3.21. The van der Waals surface area contributed by atoms with E-state index in [1.54, 1.807) is 26.2 Å². The van der Waals surface area contributed by atoms with Gasteiger partial charge in [0.15, 0.2) is 0 Å². The van der Waals surface area contributed by atoms with Gasteiger partial charge in [0.05, 0.1) is 0 Å². The molecule has 2 aromatic rings. The van der Waals surface area contributed by atoms with Gasteiger partial charge in [-0.05, 0) is 36.2 Å². The van der Waals surface area contributed by atoms with Crippen molar-refractivity contribution in [2.45, 2.75) is 6.92 Å². The van der Waals surface area contributed by atoms with E-state index in [1.165, 1.54) is 22.8 Å².